The van der Waals surface area contributed by atoms with Gasteiger partial charge in [-0.3, -0.25) is 14.9 Å². The molecule has 1 unspecified atom stereocenters. The van der Waals surface area contributed by atoms with Gasteiger partial charge in [-0.05, 0) is 18.6 Å². The summed E-state index contributed by atoms with van der Waals surface area (Å²) in [7, 11) is 1.77. The van der Waals surface area contributed by atoms with E-state index in [1.807, 2.05) is 24.3 Å². The molecule has 1 aromatic rings. The SMILES string of the molecule is CCOC(=O)CNC1CC(=O)N(C)c2ccccc21. The van der Waals surface area contributed by atoms with Crippen LogP contribution in [0.25, 0.3) is 0 Å². The highest BCUT2D eigenvalue weighted by molar-refractivity contribution is 5.96. The third-order valence-corrected chi connectivity index (χ3v) is 3.22. The summed E-state index contributed by atoms with van der Waals surface area (Å²) in [6.07, 6.45) is 0.354. The van der Waals surface area contributed by atoms with E-state index in [0.717, 1.165) is 11.3 Å². The average Bonchev–Trinajstić information content (AvgIpc) is 2.42. The minimum atomic E-state index is -0.300. The van der Waals surface area contributed by atoms with Crippen molar-refractivity contribution in [1.29, 1.82) is 0 Å². The Bertz CT molecular complexity index is 487. The number of fused-ring (bicyclic) bond motifs is 1. The molecule has 2 rings (SSSR count). The molecule has 1 atom stereocenters. The quantitative estimate of drug-likeness (QED) is 0.830. The molecule has 102 valence electrons. The number of carbonyl (C=O) groups is 2. The van der Waals surface area contributed by atoms with Crippen LogP contribution in [0.5, 0.6) is 0 Å². The first kappa shape index (κ1) is 13.5. The van der Waals surface area contributed by atoms with Crippen LogP contribution in [-0.2, 0) is 14.3 Å². The zero-order valence-corrected chi connectivity index (χ0v) is 11.2. The van der Waals surface area contributed by atoms with Crippen molar-refractivity contribution in [3.8, 4) is 0 Å². The van der Waals surface area contributed by atoms with E-state index in [-0.39, 0.29) is 24.5 Å². The lowest BCUT2D eigenvalue weighted by atomic mass is 9.96. The summed E-state index contributed by atoms with van der Waals surface area (Å²) < 4.78 is 4.87. The van der Waals surface area contributed by atoms with Gasteiger partial charge in [0.2, 0.25) is 5.91 Å². The van der Waals surface area contributed by atoms with Crippen molar-refractivity contribution < 1.29 is 14.3 Å². The second kappa shape index (κ2) is 5.84. The summed E-state index contributed by atoms with van der Waals surface area (Å²) in [4.78, 5) is 24.9. The van der Waals surface area contributed by atoms with Gasteiger partial charge in [-0.2, -0.15) is 0 Å². The van der Waals surface area contributed by atoms with Gasteiger partial charge in [0.1, 0.15) is 0 Å². The Hall–Kier alpha value is -1.88. The van der Waals surface area contributed by atoms with E-state index >= 15 is 0 Å². The molecule has 5 nitrogen and oxygen atoms in total. The van der Waals surface area contributed by atoms with Crippen molar-refractivity contribution in [2.75, 3.05) is 25.1 Å². The summed E-state index contributed by atoms with van der Waals surface area (Å²) in [5, 5.41) is 3.09. The normalized spacial score (nSPS) is 18.1. The number of anilines is 1. The van der Waals surface area contributed by atoms with Gasteiger partial charge in [0.25, 0.3) is 0 Å². The largest absolute Gasteiger partial charge is 0.465 e. The molecule has 0 radical (unpaired) electrons. The van der Waals surface area contributed by atoms with Crippen LogP contribution in [0.2, 0.25) is 0 Å². The predicted molar refractivity (Wildman–Crippen MR) is 71.8 cm³/mol. The molecule has 19 heavy (non-hydrogen) atoms. The number of hydrogen-bond acceptors (Lipinski definition) is 4. The summed E-state index contributed by atoms with van der Waals surface area (Å²) in [5.41, 5.74) is 1.93. The van der Waals surface area contributed by atoms with Crippen LogP contribution in [0, 0.1) is 0 Å². The Morgan fingerprint density at radius 1 is 1.47 bits per heavy atom. The highest BCUT2D eigenvalue weighted by Gasteiger charge is 2.28. The van der Waals surface area contributed by atoms with Crippen molar-refractivity contribution in [3.63, 3.8) is 0 Å². The third kappa shape index (κ3) is 2.93. The lowest BCUT2D eigenvalue weighted by molar-refractivity contribution is -0.142. The first-order valence-electron chi connectivity index (χ1n) is 6.38. The van der Waals surface area contributed by atoms with Crippen LogP contribution >= 0.6 is 0 Å². The molecule has 1 amide bonds. The maximum absolute atomic E-state index is 11.9. The van der Waals surface area contributed by atoms with E-state index in [1.54, 1.807) is 18.9 Å². The summed E-state index contributed by atoms with van der Waals surface area (Å²) >= 11 is 0. The molecule has 1 N–H and O–H groups in total. The van der Waals surface area contributed by atoms with Crippen molar-refractivity contribution in [2.24, 2.45) is 0 Å². The molecule has 0 fully saturated rings. The summed E-state index contributed by atoms with van der Waals surface area (Å²) in [6.45, 7) is 2.25. The number of ether oxygens (including phenoxy) is 1. The number of nitrogens with one attached hydrogen (secondary N) is 1. The minimum Gasteiger partial charge on any atom is -0.465 e. The van der Waals surface area contributed by atoms with Gasteiger partial charge in [-0.1, -0.05) is 18.2 Å². The summed E-state index contributed by atoms with van der Waals surface area (Å²) in [5.74, 6) is -0.258. The smallest absolute Gasteiger partial charge is 0.319 e. The van der Waals surface area contributed by atoms with Crippen LogP contribution in [0.15, 0.2) is 24.3 Å². The van der Waals surface area contributed by atoms with E-state index < -0.39 is 0 Å². The number of benzene rings is 1. The fourth-order valence-electron chi connectivity index (χ4n) is 2.24. The average molecular weight is 262 g/mol. The number of amides is 1. The van der Waals surface area contributed by atoms with Gasteiger partial charge in [-0.25, -0.2) is 0 Å². The first-order valence-corrected chi connectivity index (χ1v) is 6.38. The number of esters is 1. The molecule has 0 saturated carbocycles. The molecule has 1 heterocycles. The zero-order chi connectivity index (χ0) is 13.8. The van der Waals surface area contributed by atoms with Gasteiger partial charge in [0, 0.05) is 25.2 Å². The molecule has 1 aliphatic rings. The van der Waals surface area contributed by atoms with Crippen molar-refractivity contribution >= 4 is 17.6 Å². The van der Waals surface area contributed by atoms with E-state index in [1.165, 1.54) is 0 Å². The van der Waals surface area contributed by atoms with Gasteiger partial charge in [0.05, 0.1) is 13.2 Å². The molecular weight excluding hydrogens is 244 g/mol. The molecule has 0 aliphatic carbocycles. The van der Waals surface area contributed by atoms with Crippen molar-refractivity contribution in [2.45, 2.75) is 19.4 Å². The molecular formula is C14H18N2O3. The molecule has 1 aliphatic heterocycles. The van der Waals surface area contributed by atoms with E-state index in [9.17, 15) is 9.59 Å². The zero-order valence-electron chi connectivity index (χ0n) is 11.2. The summed E-state index contributed by atoms with van der Waals surface area (Å²) in [6, 6.07) is 7.58. The highest BCUT2D eigenvalue weighted by Crippen LogP contribution is 2.33. The van der Waals surface area contributed by atoms with Crippen LogP contribution < -0.4 is 10.2 Å². The van der Waals surface area contributed by atoms with Gasteiger partial charge >= 0.3 is 5.97 Å². The second-order valence-corrected chi connectivity index (χ2v) is 4.45. The van der Waals surface area contributed by atoms with Crippen molar-refractivity contribution in [1.82, 2.24) is 5.32 Å². The molecule has 0 spiro atoms. The molecule has 0 saturated heterocycles. The second-order valence-electron chi connectivity index (χ2n) is 4.45. The topological polar surface area (TPSA) is 58.6 Å². The third-order valence-electron chi connectivity index (χ3n) is 3.22. The predicted octanol–water partition coefficient (Wildman–Crippen LogP) is 1.25. The fourth-order valence-corrected chi connectivity index (χ4v) is 2.24. The number of carbonyl (C=O) groups excluding carboxylic acids is 2. The van der Waals surface area contributed by atoms with Gasteiger partial charge in [0.15, 0.2) is 0 Å². The Labute approximate surface area is 112 Å². The minimum absolute atomic E-state index is 0.0417. The van der Waals surface area contributed by atoms with Crippen LogP contribution in [0.1, 0.15) is 24.9 Å². The maximum Gasteiger partial charge on any atom is 0.319 e. The number of hydrogen-bond donors (Lipinski definition) is 1. The Kier molecular flexibility index (Phi) is 4.16. The lowest BCUT2D eigenvalue weighted by Gasteiger charge is -2.31. The highest BCUT2D eigenvalue weighted by atomic mass is 16.5. The number of para-hydroxylation sites is 1. The van der Waals surface area contributed by atoms with Crippen LogP contribution in [-0.4, -0.2) is 32.1 Å². The molecule has 5 heteroatoms. The van der Waals surface area contributed by atoms with E-state index in [2.05, 4.69) is 5.32 Å². The molecule has 0 aromatic heterocycles. The molecule has 1 aromatic carbocycles. The van der Waals surface area contributed by atoms with Crippen molar-refractivity contribution in [3.05, 3.63) is 29.8 Å². The maximum atomic E-state index is 11.9. The number of nitrogens with zero attached hydrogens (tertiary/aromatic N) is 1. The Balaban J connectivity index is 2.12. The standard InChI is InChI=1S/C14H18N2O3/c1-3-19-14(18)9-15-11-8-13(17)16(2)12-7-5-4-6-10(11)12/h4-7,11,15H,3,8-9H2,1-2H3. The van der Waals surface area contributed by atoms with Gasteiger partial charge < -0.3 is 9.64 Å². The number of rotatable bonds is 4. The molecule has 0 bridgehead atoms. The van der Waals surface area contributed by atoms with Gasteiger partial charge in [-0.15, -0.1) is 0 Å². The van der Waals surface area contributed by atoms with Crippen LogP contribution in [0.3, 0.4) is 0 Å². The Morgan fingerprint density at radius 2 is 2.21 bits per heavy atom. The fraction of sp³-hybridized carbons (Fsp3) is 0.429. The monoisotopic (exact) mass is 262 g/mol. The Morgan fingerprint density at radius 3 is 2.95 bits per heavy atom. The first-order chi connectivity index (χ1) is 9.13. The van der Waals surface area contributed by atoms with E-state index in [0.29, 0.717) is 13.0 Å². The van der Waals surface area contributed by atoms with Crippen LogP contribution in [0.4, 0.5) is 5.69 Å². The van der Waals surface area contributed by atoms with E-state index in [4.69, 9.17) is 4.74 Å². The lowest BCUT2D eigenvalue weighted by Crippen LogP contribution is -2.39.